The van der Waals surface area contributed by atoms with Crippen LogP contribution in [-0.4, -0.2) is 27.5 Å². The lowest BCUT2D eigenvalue weighted by Gasteiger charge is -2.34. The predicted octanol–water partition coefficient (Wildman–Crippen LogP) is 1.95. The Hall–Kier alpha value is -1.75. The van der Waals surface area contributed by atoms with Crippen molar-refractivity contribution in [2.75, 3.05) is 5.43 Å². The number of amides is 1. The van der Waals surface area contributed by atoms with Gasteiger partial charge < -0.3 is 9.84 Å². The lowest BCUT2D eigenvalue weighted by molar-refractivity contribution is -0.121. The van der Waals surface area contributed by atoms with Crippen LogP contribution in [0.2, 0.25) is 0 Å². The zero-order valence-corrected chi connectivity index (χ0v) is 10.1. The first-order valence-electron chi connectivity index (χ1n) is 5.42. The monoisotopic (exact) mass is 236 g/mol. The van der Waals surface area contributed by atoms with E-state index < -0.39 is 17.4 Å². The summed E-state index contributed by atoms with van der Waals surface area (Å²) >= 11 is 0. The smallest absolute Gasteiger partial charge is 0.432 e. The Morgan fingerprint density at radius 2 is 1.82 bits per heavy atom. The van der Waals surface area contributed by atoms with Gasteiger partial charge in [0.05, 0.1) is 5.69 Å². The lowest BCUT2D eigenvalue weighted by Crippen LogP contribution is -2.55. The minimum atomic E-state index is -1.42. The van der Waals surface area contributed by atoms with Gasteiger partial charge in [-0.25, -0.2) is 4.79 Å². The molecule has 5 heteroatoms. The van der Waals surface area contributed by atoms with E-state index in [9.17, 15) is 9.90 Å². The van der Waals surface area contributed by atoms with Gasteiger partial charge in [-0.2, -0.15) is 5.01 Å². The molecule has 0 unspecified atom stereocenters. The van der Waals surface area contributed by atoms with E-state index in [0.29, 0.717) is 5.69 Å². The number of nitrogens with zero attached hydrogens (tertiary/aromatic N) is 1. The SMILES string of the molecule is CC1(C)OC(=O)N(Nc2ccccc2)[C@]1(C)O. The van der Waals surface area contributed by atoms with E-state index in [2.05, 4.69) is 5.43 Å². The number of hydrogen-bond donors (Lipinski definition) is 2. The third-order valence-corrected chi connectivity index (χ3v) is 3.12. The molecule has 0 spiro atoms. The van der Waals surface area contributed by atoms with Gasteiger partial charge in [0.15, 0.2) is 11.3 Å². The van der Waals surface area contributed by atoms with Gasteiger partial charge in [-0.05, 0) is 32.9 Å². The molecule has 5 nitrogen and oxygen atoms in total. The summed E-state index contributed by atoms with van der Waals surface area (Å²) in [4.78, 5) is 11.7. The highest BCUT2D eigenvalue weighted by Crippen LogP contribution is 2.36. The van der Waals surface area contributed by atoms with Crippen LogP contribution in [0.5, 0.6) is 0 Å². The summed E-state index contributed by atoms with van der Waals surface area (Å²) in [5.74, 6) is 0. The molecule has 1 aromatic rings. The van der Waals surface area contributed by atoms with E-state index in [1.807, 2.05) is 18.2 Å². The first-order chi connectivity index (χ1) is 7.84. The minimum absolute atomic E-state index is 0.594. The zero-order valence-electron chi connectivity index (χ0n) is 10.1. The maximum atomic E-state index is 11.7. The number of anilines is 1. The van der Waals surface area contributed by atoms with Crippen LogP contribution in [0.4, 0.5) is 10.5 Å². The van der Waals surface area contributed by atoms with Gasteiger partial charge in [-0.15, -0.1) is 0 Å². The maximum absolute atomic E-state index is 11.7. The molecule has 2 N–H and O–H groups in total. The molecule has 1 atom stereocenters. The molecular weight excluding hydrogens is 220 g/mol. The van der Waals surface area contributed by atoms with Crippen LogP contribution in [0.25, 0.3) is 0 Å². The molecule has 1 saturated heterocycles. The Bertz CT molecular complexity index is 429. The summed E-state index contributed by atoms with van der Waals surface area (Å²) in [5.41, 5.74) is 1.17. The van der Waals surface area contributed by atoms with Crippen molar-refractivity contribution < 1.29 is 14.6 Å². The van der Waals surface area contributed by atoms with Gasteiger partial charge in [0.2, 0.25) is 0 Å². The fourth-order valence-electron chi connectivity index (χ4n) is 1.60. The van der Waals surface area contributed by atoms with Crippen LogP contribution in [0.1, 0.15) is 20.8 Å². The molecule has 92 valence electrons. The summed E-state index contributed by atoms with van der Waals surface area (Å²) < 4.78 is 5.12. The third kappa shape index (κ3) is 1.82. The molecule has 1 aliphatic rings. The molecule has 1 amide bonds. The molecule has 0 aliphatic carbocycles. The average molecular weight is 236 g/mol. The van der Waals surface area contributed by atoms with Gasteiger partial charge in [0.25, 0.3) is 0 Å². The Kier molecular flexibility index (Phi) is 2.50. The fraction of sp³-hybridized carbons (Fsp3) is 0.417. The van der Waals surface area contributed by atoms with Crippen LogP contribution >= 0.6 is 0 Å². The van der Waals surface area contributed by atoms with Crippen molar-refractivity contribution in [2.24, 2.45) is 0 Å². The third-order valence-electron chi connectivity index (χ3n) is 3.12. The number of benzene rings is 1. The van der Waals surface area contributed by atoms with E-state index in [1.165, 1.54) is 6.92 Å². The van der Waals surface area contributed by atoms with Crippen LogP contribution in [0, 0.1) is 0 Å². The molecular formula is C12H16N2O3. The Morgan fingerprint density at radius 1 is 1.24 bits per heavy atom. The summed E-state index contributed by atoms with van der Waals surface area (Å²) in [7, 11) is 0. The Morgan fingerprint density at radius 3 is 2.29 bits per heavy atom. The zero-order chi connectivity index (χ0) is 12.7. The van der Waals surface area contributed by atoms with Crippen molar-refractivity contribution >= 4 is 11.8 Å². The topological polar surface area (TPSA) is 61.8 Å². The second-order valence-corrected chi connectivity index (χ2v) is 4.71. The van der Waals surface area contributed by atoms with Gasteiger partial charge in [0, 0.05) is 0 Å². The average Bonchev–Trinajstić information content (AvgIpc) is 2.39. The molecule has 0 aromatic heterocycles. The van der Waals surface area contributed by atoms with E-state index in [0.717, 1.165) is 5.01 Å². The van der Waals surface area contributed by atoms with Crippen molar-refractivity contribution in [2.45, 2.75) is 32.1 Å². The van der Waals surface area contributed by atoms with Gasteiger partial charge in [-0.1, -0.05) is 18.2 Å². The van der Waals surface area contributed by atoms with Gasteiger partial charge in [0.1, 0.15) is 0 Å². The van der Waals surface area contributed by atoms with E-state index in [4.69, 9.17) is 4.74 Å². The second-order valence-electron chi connectivity index (χ2n) is 4.71. The number of nitrogens with one attached hydrogen (secondary N) is 1. The predicted molar refractivity (Wildman–Crippen MR) is 63.1 cm³/mol. The van der Waals surface area contributed by atoms with Crippen LogP contribution in [-0.2, 0) is 4.74 Å². The molecule has 1 aromatic carbocycles. The van der Waals surface area contributed by atoms with Crippen LogP contribution < -0.4 is 5.43 Å². The quantitative estimate of drug-likeness (QED) is 0.824. The van der Waals surface area contributed by atoms with Crippen LogP contribution in [0.3, 0.4) is 0 Å². The maximum Gasteiger partial charge on any atom is 0.432 e. The number of hydrazine groups is 1. The fourth-order valence-corrected chi connectivity index (χ4v) is 1.60. The van der Waals surface area contributed by atoms with Crippen molar-refractivity contribution in [1.82, 2.24) is 5.01 Å². The largest absolute Gasteiger partial charge is 0.437 e. The molecule has 1 heterocycles. The molecule has 0 saturated carbocycles. The normalized spacial score (nSPS) is 26.8. The van der Waals surface area contributed by atoms with E-state index in [-0.39, 0.29) is 0 Å². The van der Waals surface area contributed by atoms with Gasteiger partial charge >= 0.3 is 6.09 Å². The van der Waals surface area contributed by atoms with Crippen LogP contribution in [0.15, 0.2) is 30.3 Å². The standard InChI is InChI=1S/C12H16N2O3/c1-11(2)12(3,16)14(10(15)17-11)13-9-7-5-4-6-8-9/h4-8,13,16H,1-3H3/t12-/m1/s1. The van der Waals surface area contributed by atoms with Crippen molar-refractivity contribution in [3.05, 3.63) is 30.3 Å². The number of carbonyl (C=O) groups excluding carboxylic acids is 1. The lowest BCUT2D eigenvalue weighted by atomic mass is 9.97. The first-order valence-corrected chi connectivity index (χ1v) is 5.42. The number of ether oxygens (including phenoxy) is 1. The highest BCUT2D eigenvalue weighted by Gasteiger charge is 2.57. The summed E-state index contributed by atoms with van der Waals surface area (Å²) in [6, 6.07) is 9.14. The highest BCUT2D eigenvalue weighted by molar-refractivity contribution is 5.74. The highest BCUT2D eigenvalue weighted by atomic mass is 16.6. The van der Waals surface area contributed by atoms with E-state index >= 15 is 0 Å². The number of para-hydroxylation sites is 1. The summed E-state index contributed by atoms with van der Waals surface area (Å²) in [5, 5.41) is 11.4. The number of hydrogen-bond acceptors (Lipinski definition) is 4. The second kappa shape index (κ2) is 3.63. The summed E-state index contributed by atoms with van der Waals surface area (Å²) in [6.07, 6.45) is -0.594. The Labute approximate surface area is 100.0 Å². The minimum Gasteiger partial charge on any atom is -0.437 e. The molecule has 2 rings (SSSR count). The number of aliphatic hydroxyl groups is 1. The molecule has 1 fully saturated rings. The van der Waals surface area contributed by atoms with Gasteiger partial charge in [-0.3, -0.25) is 5.43 Å². The number of rotatable bonds is 2. The summed E-state index contributed by atoms with van der Waals surface area (Å²) in [6.45, 7) is 4.86. The molecule has 0 bridgehead atoms. The molecule has 0 radical (unpaired) electrons. The van der Waals surface area contributed by atoms with Crippen molar-refractivity contribution in [1.29, 1.82) is 0 Å². The van der Waals surface area contributed by atoms with Crippen molar-refractivity contribution in [3.8, 4) is 0 Å². The Balaban J connectivity index is 2.25. The first kappa shape index (κ1) is 11.7. The number of carbonyl (C=O) groups is 1. The number of cyclic esters (lactones) is 1. The van der Waals surface area contributed by atoms with E-state index in [1.54, 1.807) is 26.0 Å². The molecule has 17 heavy (non-hydrogen) atoms. The molecule has 1 aliphatic heterocycles. The van der Waals surface area contributed by atoms with Crippen molar-refractivity contribution in [3.63, 3.8) is 0 Å².